The summed E-state index contributed by atoms with van der Waals surface area (Å²) in [5.74, 6) is 0.0616. The van der Waals surface area contributed by atoms with Crippen molar-refractivity contribution in [2.45, 2.75) is 32.6 Å². The molecule has 0 aliphatic rings. The third-order valence-corrected chi connectivity index (χ3v) is 3.62. The first-order valence-corrected chi connectivity index (χ1v) is 7.37. The molecule has 0 rings (SSSR count). The van der Waals surface area contributed by atoms with Gasteiger partial charge in [0.25, 0.3) is 0 Å². The summed E-state index contributed by atoms with van der Waals surface area (Å²) in [5.41, 5.74) is 0. The molecule has 0 radical (unpaired) electrons. The minimum atomic E-state index is 0.0616. The zero-order chi connectivity index (χ0) is 11.0. The largest absolute Gasteiger partial charge is 0.298 e. The van der Waals surface area contributed by atoms with E-state index in [9.17, 15) is 0 Å². The van der Waals surface area contributed by atoms with Crippen LogP contribution in [0.1, 0.15) is 32.6 Å². The van der Waals surface area contributed by atoms with Gasteiger partial charge in [0.15, 0.2) is 0 Å². The smallest absolute Gasteiger partial charge is 0.0734 e. The zero-order valence-corrected chi connectivity index (χ0v) is 10.9. The quantitative estimate of drug-likeness (QED) is 0.415. The van der Waals surface area contributed by atoms with Crippen LogP contribution in [0.4, 0.5) is 0 Å². The third-order valence-electron chi connectivity index (χ3n) is 2.17. The van der Waals surface area contributed by atoms with Gasteiger partial charge in [-0.15, -0.1) is 23.5 Å². The van der Waals surface area contributed by atoms with Gasteiger partial charge < -0.3 is 0 Å². The SMILES string of the molecule is CCCCCC(C(=N)SC)C(=N)SC. The van der Waals surface area contributed by atoms with E-state index in [1.54, 1.807) is 0 Å². The molecule has 0 saturated carbocycles. The Balaban J connectivity index is 4.11. The maximum atomic E-state index is 7.77. The highest BCUT2D eigenvalue weighted by Gasteiger charge is 2.18. The molecule has 0 saturated heterocycles. The summed E-state index contributed by atoms with van der Waals surface area (Å²) >= 11 is 2.93. The van der Waals surface area contributed by atoms with E-state index in [1.165, 1.54) is 36.4 Å². The molecule has 0 aliphatic carbocycles. The van der Waals surface area contributed by atoms with Crippen LogP contribution in [0.5, 0.6) is 0 Å². The van der Waals surface area contributed by atoms with Gasteiger partial charge in [-0.3, -0.25) is 10.8 Å². The first-order chi connectivity index (χ1) is 6.67. The molecule has 0 amide bonds. The van der Waals surface area contributed by atoms with Crippen LogP contribution >= 0.6 is 23.5 Å². The molecule has 14 heavy (non-hydrogen) atoms. The molecule has 2 N–H and O–H groups in total. The minimum absolute atomic E-state index is 0.0616. The fourth-order valence-electron chi connectivity index (χ4n) is 1.26. The van der Waals surface area contributed by atoms with Gasteiger partial charge in [0.05, 0.1) is 16.0 Å². The summed E-state index contributed by atoms with van der Waals surface area (Å²) in [5, 5.41) is 16.8. The lowest BCUT2D eigenvalue weighted by atomic mass is 10.0. The summed E-state index contributed by atoms with van der Waals surface area (Å²) in [7, 11) is 0. The Morgan fingerprint density at radius 3 is 1.93 bits per heavy atom. The van der Waals surface area contributed by atoms with E-state index in [0.717, 1.165) is 12.8 Å². The maximum Gasteiger partial charge on any atom is 0.0734 e. The van der Waals surface area contributed by atoms with E-state index >= 15 is 0 Å². The van der Waals surface area contributed by atoms with Crippen molar-refractivity contribution in [1.29, 1.82) is 10.8 Å². The molecule has 0 aromatic carbocycles. The van der Waals surface area contributed by atoms with E-state index in [-0.39, 0.29) is 5.92 Å². The zero-order valence-electron chi connectivity index (χ0n) is 9.22. The third kappa shape index (κ3) is 5.05. The highest BCUT2D eigenvalue weighted by atomic mass is 32.2. The van der Waals surface area contributed by atoms with Crippen molar-refractivity contribution < 1.29 is 0 Å². The molecule has 0 spiro atoms. The molecule has 0 aromatic rings. The van der Waals surface area contributed by atoms with Gasteiger partial charge in [-0.1, -0.05) is 26.2 Å². The number of hydrogen-bond donors (Lipinski definition) is 2. The highest BCUT2D eigenvalue weighted by Crippen LogP contribution is 2.21. The normalized spacial score (nSPS) is 12.5. The van der Waals surface area contributed by atoms with E-state index < -0.39 is 0 Å². The second-order valence-corrected chi connectivity index (χ2v) is 4.88. The van der Waals surface area contributed by atoms with Crippen LogP contribution < -0.4 is 0 Å². The lowest BCUT2D eigenvalue weighted by Crippen LogP contribution is -2.18. The Labute approximate surface area is 95.6 Å². The van der Waals surface area contributed by atoms with Crippen LogP contribution in [0.25, 0.3) is 0 Å². The molecular weight excluding hydrogens is 212 g/mol. The standard InChI is InChI=1S/C10H20N2S2/c1-4-5-6-7-8(9(11)13-2)10(12)14-3/h8,11-12H,4-7H2,1-3H3. The summed E-state index contributed by atoms with van der Waals surface area (Å²) in [6.45, 7) is 2.18. The van der Waals surface area contributed by atoms with Crippen molar-refractivity contribution in [2.75, 3.05) is 12.5 Å². The molecular formula is C10H20N2S2. The first kappa shape index (κ1) is 14.0. The van der Waals surface area contributed by atoms with Crippen LogP contribution in [0.2, 0.25) is 0 Å². The number of hydrogen-bond acceptors (Lipinski definition) is 4. The predicted molar refractivity (Wildman–Crippen MR) is 70.1 cm³/mol. The molecule has 0 bridgehead atoms. The van der Waals surface area contributed by atoms with Crippen molar-refractivity contribution in [3.8, 4) is 0 Å². The molecule has 0 aliphatic heterocycles. The predicted octanol–water partition coefficient (Wildman–Crippen LogP) is 3.86. The molecule has 0 aromatic heterocycles. The molecule has 4 heteroatoms. The van der Waals surface area contributed by atoms with E-state index in [0.29, 0.717) is 10.1 Å². The topological polar surface area (TPSA) is 47.7 Å². The highest BCUT2D eigenvalue weighted by molar-refractivity contribution is 8.15. The molecule has 0 unspecified atom stereocenters. The maximum absolute atomic E-state index is 7.77. The Bertz CT molecular complexity index is 177. The van der Waals surface area contributed by atoms with Crippen LogP contribution in [0.3, 0.4) is 0 Å². The first-order valence-electron chi connectivity index (χ1n) is 4.92. The summed E-state index contributed by atoms with van der Waals surface area (Å²) in [6.07, 6.45) is 8.34. The lowest BCUT2D eigenvalue weighted by molar-refractivity contribution is 0.648. The second-order valence-electron chi connectivity index (χ2n) is 3.19. The number of unbranched alkanes of at least 4 members (excludes halogenated alkanes) is 2. The number of rotatable bonds is 6. The molecule has 2 nitrogen and oxygen atoms in total. The van der Waals surface area contributed by atoms with Gasteiger partial charge >= 0.3 is 0 Å². The summed E-state index contributed by atoms with van der Waals surface area (Å²) in [6, 6.07) is 0. The van der Waals surface area contributed by atoms with Crippen LogP contribution in [0.15, 0.2) is 0 Å². The van der Waals surface area contributed by atoms with Crippen molar-refractivity contribution in [3.63, 3.8) is 0 Å². The van der Waals surface area contributed by atoms with E-state index in [2.05, 4.69) is 6.92 Å². The fourth-order valence-corrected chi connectivity index (χ4v) is 2.38. The lowest BCUT2D eigenvalue weighted by Gasteiger charge is -2.16. The molecule has 0 heterocycles. The fraction of sp³-hybridized carbons (Fsp3) is 0.800. The van der Waals surface area contributed by atoms with Crippen LogP contribution in [0, 0.1) is 16.7 Å². The summed E-state index contributed by atoms with van der Waals surface area (Å²) < 4.78 is 0. The van der Waals surface area contributed by atoms with Gasteiger partial charge in [0.2, 0.25) is 0 Å². The van der Waals surface area contributed by atoms with Gasteiger partial charge in [-0.05, 0) is 18.9 Å². The Hall–Kier alpha value is 0.0400. The average molecular weight is 232 g/mol. The van der Waals surface area contributed by atoms with Crippen LogP contribution in [-0.2, 0) is 0 Å². The van der Waals surface area contributed by atoms with E-state index in [4.69, 9.17) is 10.8 Å². The minimum Gasteiger partial charge on any atom is -0.298 e. The van der Waals surface area contributed by atoms with Gasteiger partial charge in [0.1, 0.15) is 0 Å². The van der Waals surface area contributed by atoms with Gasteiger partial charge in [-0.25, -0.2) is 0 Å². The Morgan fingerprint density at radius 2 is 1.57 bits per heavy atom. The number of nitrogens with one attached hydrogen (secondary N) is 2. The van der Waals surface area contributed by atoms with Crippen molar-refractivity contribution in [3.05, 3.63) is 0 Å². The monoisotopic (exact) mass is 232 g/mol. The van der Waals surface area contributed by atoms with E-state index in [1.807, 2.05) is 12.5 Å². The number of thioether (sulfide) groups is 2. The second kappa shape index (κ2) is 8.36. The van der Waals surface area contributed by atoms with Crippen molar-refractivity contribution in [2.24, 2.45) is 5.92 Å². The molecule has 0 fully saturated rings. The van der Waals surface area contributed by atoms with Crippen molar-refractivity contribution in [1.82, 2.24) is 0 Å². The van der Waals surface area contributed by atoms with Gasteiger partial charge in [-0.2, -0.15) is 0 Å². The summed E-state index contributed by atoms with van der Waals surface area (Å²) in [4.78, 5) is 0. The Morgan fingerprint density at radius 1 is 1.07 bits per heavy atom. The van der Waals surface area contributed by atoms with Crippen LogP contribution in [-0.4, -0.2) is 22.6 Å². The Kier molecular flexibility index (Phi) is 8.38. The molecule has 82 valence electrons. The average Bonchev–Trinajstić information content (AvgIpc) is 2.22. The molecule has 0 atom stereocenters. The van der Waals surface area contributed by atoms with Gasteiger partial charge in [0, 0.05) is 0 Å². The van der Waals surface area contributed by atoms with Crippen molar-refractivity contribution >= 4 is 33.6 Å².